The van der Waals surface area contributed by atoms with Gasteiger partial charge in [0.25, 0.3) is 0 Å². The molecule has 5 nitrogen and oxygen atoms in total. The number of ether oxygens (including phenoxy) is 1. The van der Waals surface area contributed by atoms with E-state index in [1.807, 2.05) is 22.8 Å². The van der Waals surface area contributed by atoms with Crippen LogP contribution in [0.4, 0.5) is 0 Å². The smallest absolute Gasteiger partial charge is 0.195 e. The van der Waals surface area contributed by atoms with E-state index in [0.717, 1.165) is 24.5 Å². The van der Waals surface area contributed by atoms with E-state index in [-0.39, 0.29) is 6.04 Å². The Morgan fingerprint density at radius 1 is 1.47 bits per heavy atom. The predicted molar refractivity (Wildman–Crippen MR) is 65.1 cm³/mol. The highest BCUT2D eigenvalue weighted by Gasteiger charge is 2.22. The number of nitrogens with one attached hydrogen (secondary N) is 1. The normalized spacial score (nSPS) is 19.6. The summed E-state index contributed by atoms with van der Waals surface area (Å²) in [5.41, 5.74) is 0.826. The molecular formula is C11H12N4OS. The van der Waals surface area contributed by atoms with Crippen LogP contribution in [0.1, 0.15) is 12.5 Å². The van der Waals surface area contributed by atoms with E-state index in [0.29, 0.717) is 11.4 Å². The number of aromatic amines is 1. The van der Waals surface area contributed by atoms with E-state index in [1.165, 1.54) is 0 Å². The van der Waals surface area contributed by atoms with Gasteiger partial charge in [-0.3, -0.25) is 14.6 Å². The molecule has 0 spiro atoms. The lowest BCUT2D eigenvalue weighted by atomic mass is 10.2. The molecule has 1 fully saturated rings. The Balaban J connectivity index is 2.09. The third-order valence-electron chi connectivity index (χ3n) is 2.87. The molecule has 1 aliphatic rings. The SMILES string of the molecule is S=c1[nH]nc(-c2ccccn2)n1C1CCOC1. The van der Waals surface area contributed by atoms with Crippen molar-refractivity contribution in [1.29, 1.82) is 0 Å². The zero-order chi connectivity index (χ0) is 11.7. The molecule has 0 amide bonds. The van der Waals surface area contributed by atoms with Gasteiger partial charge in [0.2, 0.25) is 0 Å². The van der Waals surface area contributed by atoms with Gasteiger partial charge in [-0.15, -0.1) is 0 Å². The van der Waals surface area contributed by atoms with Crippen molar-refractivity contribution in [1.82, 2.24) is 19.7 Å². The summed E-state index contributed by atoms with van der Waals surface area (Å²) in [6.07, 6.45) is 2.72. The highest BCUT2D eigenvalue weighted by molar-refractivity contribution is 7.71. The van der Waals surface area contributed by atoms with Crippen molar-refractivity contribution in [2.45, 2.75) is 12.5 Å². The summed E-state index contributed by atoms with van der Waals surface area (Å²) in [5, 5.41) is 7.09. The Bertz CT molecular complexity index is 556. The highest BCUT2D eigenvalue weighted by atomic mass is 32.1. The lowest BCUT2D eigenvalue weighted by Crippen LogP contribution is -2.10. The second-order valence-electron chi connectivity index (χ2n) is 3.95. The number of pyridine rings is 1. The Morgan fingerprint density at radius 2 is 2.41 bits per heavy atom. The van der Waals surface area contributed by atoms with Gasteiger partial charge in [-0.1, -0.05) is 6.07 Å². The van der Waals surface area contributed by atoms with Crippen LogP contribution >= 0.6 is 12.2 Å². The predicted octanol–water partition coefficient (Wildman–Crippen LogP) is 1.96. The molecule has 6 heteroatoms. The van der Waals surface area contributed by atoms with E-state index < -0.39 is 0 Å². The number of hydrogen-bond donors (Lipinski definition) is 1. The van der Waals surface area contributed by atoms with Crippen LogP contribution in [0.5, 0.6) is 0 Å². The van der Waals surface area contributed by atoms with Crippen LogP contribution in [0.15, 0.2) is 24.4 Å². The Morgan fingerprint density at radius 3 is 3.12 bits per heavy atom. The minimum Gasteiger partial charge on any atom is -0.379 e. The van der Waals surface area contributed by atoms with Gasteiger partial charge in [-0.05, 0) is 30.8 Å². The standard InChI is InChI=1S/C11H12N4OS/c17-11-14-13-10(9-3-1-2-5-12-9)15(11)8-4-6-16-7-8/h1-3,5,8H,4,6-7H2,(H,14,17). The first kappa shape index (κ1) is 10.6. The first-order valence-electron chi connectivity index (χ1n) is 5.52. The molecule has 0 aromatic carbocycles. The summed E-state index contributed by atoms with van der Waals surface area (Å²) in [6.45, 7) is 1.47. The fraction of sp³-hybridized carbons (Fsp3) is 0.364. The maximum Gasteiger partial charge on any atom is 0.195 e. The van der Waals surface area contributed by atoms with Crippen molar-refractivity contribution in [3.63, 3.8) is 0 Å². The Hall–Kier alpha value is -1.53. The van der Waals surface area contributed by atoms with E-state index in [4.69, 9.17) is 17.0 Å². The molecular weight excluding hydrogens is 236 g/mol. The minimum absolute atomic E-state index is 0.262. The van der Waals surface area contributed by atoms with Crippen LogP contribution in [0, 0.1) is 4.77 Å². The lowest BCUT2D eigenvalue weighted by Gasteiger charge is -2.11. The molecule has 0 saturated carbocycles. The van der Waals surface area contributed by atoms with E-state index in [2.05, 4.69) is 15.2 Å². The molecule has 3 rings (SSSR count). The summed E-state index contributed by atoms with van der Waals surface area (Å²) >= 11 is 5.27. The van der Waals surface area contributed by atoms with Crippen molar-refractivity contribution in [2.75, 3.05) is 13.2 Å². The number of aromatic nitrogens is 4. The van der Waals surface area contributed by atoms with Gasteiger partial charge in [-0.2, -0.15) is 5.10 Å². The molecule has 1 saturated heterocycles. The lowest BCUT2D eigenvalue weighted by molar-refractivity contribution is 0.186. The molecule has 3 heterocycles. The molecule has 1 unspecified atom stereocenters. The third kappa shape index (κ3) is 1.89. The summed E-state index contributed by atoms with van der Waals surface area (Å²) in [7, 11) is 0. The maximum absolute atomic E-state index is 5.40. The Kier molecular flexibility index (Phi) is 2.74. The molecule has 17 heavy (non-hydrogen) atoms. The molecule has 1 atom stereocenters. The van der Waals surface area contributed by atoms with Crippen LogP contribution in [0.25, 0.3) is 11.5 Å². The molecule has 1 N–H and O–H groups in total. The zero-order valence-electron chi connectivity index (χ0n) is 9.17. The molecule has 88 valence electrons. The monoisotopic (exact) mass is 248 g/mol. The van der Waals surface area contributed by atoms with Crippen molar-refractivity contribution in [3.05, 3.63) is 29.2 Å². The summed E-state index contributed by atoms with van der Waals surface area (Å²) in [5.74, 6) is 0.783. The van der Waals surface area contributed by atoms with Gasteiger partial charge in [0.05, 0.1) is 12.6 Å². The second kappa shape index (κ2) is 4.38. The van der Waals surface area contributed by atoms with Crippen molar-refractivity contribution < 1.29 is 4.74 Å². The first-order chi connectivity index (χ1) is 8.36. The van der Waals surface area contributed by atoms with Crippen LogP contribution in [-0.2, 0) is 4.74 Å². The molecule has 0 aliphatic carbocycles. The topological polar surface area (TPSA) is 55.7 Å². The fourth-order valence-corrected chi connectivity index (χ4v) is 2.33. The maximum atomic E-state index is 5.40. The van der Waals surface area contributed by atoms with E-state index in [9.17, 15) is 0 Å². The minimum atomic E-state index is 0.262. The molecule has 1 aliphatic heterocycles. The van der Waals surface area contributed by atoms with Gasteiger partial charge < -0.3 is 4.74 Å². The summed E-state index contributed by atoms with van der Waals surface area (Å²) in [6, 6.07) is 6.01. The van der Waals surface area contributed by atoms with Gasteiger partial charge in [0.1, 0.15) is 5.69 Å². The van der Waals surface area contributed by atoms with Crippen LogP contribution in [-0.4, -0.2) is 33.0 Å². The van der Waals surface area contributed by atoms with Crippen LogP contribution in [0.2, 0.25) is 0 Å². The van der Waals surface area contributed by atoms with Gasteiger partial charge in [0, 0.05) is 12.8 Å². The number of hydrogen-bond acceptors (Lipinski definition) is 4. The molecule has 0 radical (unpaired) electrons. The van der Waals surface area contributed by atoms with E-state index >= 15 is 0 Å². The van der Waals surface area contributed by atoms with Crippen LogP contribution < -0.4 is 0 Å². The molecule has 2 aromatic heterocycles. The van der Waals surface area contributed by atoms with Crippen molar-refractivity contribution >= 4 is 12.2 Å². The number of rotatable bonds is 2. The van der Waals surface area contributed by atoms with E-state index in [1.54, 1.807) is 6.20 Å². The highest BCUT2D eigenvalue weighted by Crippen LogP contribution is 2.24. The molecule has 2 aromatic rings. The number of nitrogens with zero attached hydrogens (tertiary/aromatic N) is 3. The summed E-state index contributed by atoms with van der Waals surface area (Å²) < 4.78 is 8.03. The quantitative estimate of drug-likeness (QED) is 0.825. The summed E-state index contributed by atoms with van der Waals surface area (Å²) in [4.78, 5) is 4.30. The zero-order valence-corrected chi connectivity index (χ0v) is 9.98. The van der Waals surface area contributed by atoms with Crippen molar-refractivity contribution in [3.8, 4) is 11.5 Å². The number of H-pyrrole nitrogens is 1. The van der Waals surface area contributed by atoms with Gasteiger partial charge in [-0.25, -0.2) is 0 Å². The third-order valence-corrected chi connectivity index (χ3v) is 3.16. The van der Waals surface area contributed by atoms with Gasteiger partial charge >= 0.3 is 0 Å². The molecule has 0 bridgehead atoms. The van der Waals surface area contributed by atoms with Crippen LogP contribution in [0.3, 0.4) is 0 Å². The fourth-order valence-electron chi connectivity index (χ4n) is 2.04. The Labute approximate surface area is 103 Å². The second-order valence-corrected chi connectivity index (χ2v) is 4.34. The largest absolute Gasteiger partial charge is 0.379 e. The average molecular weight is 248 g/mol. The van der Waals surface area contributed by atoms with Gasteiger partial charge in [0.15, 0.2) is 10.6 Å². The van der Waals surface area contributed by atoms with Crippen molar-refractivity contribution in [2.24, 2.45) is 0 Å². The average Bonchev–Trinajstić information content (AvgIpc) is 2.99. The first-order valence-corrected chi connectivity index (χ1v) is 5.93.